The highest BCUT2D eigenvalue weighted by Crippen LogP contribution is 2.22. The van der Waals surface area contributed by atoms with Crippen LogP contribution in [0.4, 0.5) is 14.9 Å². The first-order valence-electron chi connectivity index (χ1n) is 6.42. The van der Waals surface area contributed by atoms with E-state index in [-0.39, 0.29) is 12.4 Å². The normalized spacial score (nSPS) is 10.0. The van der Waals surface area contributed by atoms with Gasteiger partial charge >= 0.3 is 6.09 Å². The van der Waals surface area contributed by atoms with Crippen molar-refractivity contribution in [3.05, 3.63) is 59.4 Å². The zero-order chi connectivity index (χ0) is 15.2. The summed E-state index contributed by atoms with van der Waals surface area (Å²) >= 11 is 0. The van der Waals surface area contributed by atoms with Crippen molar-refractivity contribution in [2.75, 3.05) is 12.4 Å². The first-order chi connectivity index (χ1) is 10.1. The van der Waals surface area contributed by atoms with Crippen LogP contribution in [0, 0.1) is 12.7 Å². The Morgan fingerprint density at radius 2 is 2.00 bits per heavy atom. The molecule has 0 saturated carbocycles. The Kier molecular flexibility index (Phi) is 4.77. The Morgan fingerprint density at radius 3 is 2.71 bits per heavy atom. The van der Waals surface area contributed by atoms with Crippen LogP contribution in [0.15, 0.2) is 42.5 Å². The van der Waals surface area contributed by atoms with E-state index in [4.69, 9.17) is 4.74 Å². The molecule has 21 heavy (non-hydrogen) atoms. The molecule has 2 rings (SSSR count). The Balaban J connectivity index is 2.11. The van der Waals surface area contributed by atoms with Crippen LogP contribution in [-0.2, 0) is 11.3 Å². The maximum absolute atomic E-state index is 13.7. The van der Waals surface area contributed by atoms with Gasteiger partial charge in [-0.25, -0.2) is 9.18 Å². The summed E-state index contributed by atoms with van der Waals surface area (Å²) in [5.74, 6) is -0.234. The number of anilines is 1. The quantitative estimate of drug-likeness (QED) is 0.928. The molecule has 5 heteroatoms. The van der Waals surface area contributed by atoms with Crippen molar-refractivity contribution in [1.82, 2.24) is 0 Å². The van der Waals surface area contributed by atoms with Gasteiger partial charge in [-0.2, -0.15) is 0 Å². The molecule has 0 saturated heterocycles. The fraction of sp³-hybridized carbons (Fsp3) is 0.188. The van der Waals surface area contributed by atoms with Gasteiger partial charge in [0.25, 0.3) is 0 Å². The van der Waals surface area contributed by atoms with Gasteiger partial charge in [0, 0.05) is 5.56 Å². The van der Waals surface area contributed by atoms with E-state index in [9.17, 15) is 9.18 Å². The van der Waals surface area contributed by atoms with E-state index < -0.39 is 11.9 Å². The molecule has 0 spiro atoms. The maximum atomic E-state index is 13.7. The highest BCUT2D eigenvalue weighted by molar-refractivity contribution is 5.85. The fourth-order valence-electron chi connectivity index (χ4n) is 1.81. The van der Waals surface area contributed by atoms with Gasteiger partial charge in [0.1, 0.15) is 6.61 Å². The standard InChI is InChI=1S/C16H16FNO3/c1-11-7-8-15(13(17)9-11)21-10-12-5-3-4-6-14(12)18-16(19)20-2/h3-9H,10H2,1-2H3,(H,18,19). The molecule has 2 aromatic carbocycles. The number of carbonyl (C=O) groups excluding carboxylic acids is 1. The zero-order valence-electron chi connectivity index (χ0n) is 11.9. The third-order valence-electron chi connectivity index (χ3n) is 2.91. The molecule has 0 fully saturated rings. The lowest BCUT2D eigenvalue weighted by atomic mass is 10.2. The van der Waals surface area contributed by atoms with Crippen molar-refractivity contribution < 1.29 is 18.7 Å². The average Bonchev–Trinajstić information content (AvgIpc) is 2.47. The van der Waals surface area contributed by atoms with Crippen LogP contribution >= 0.6 is 0 Å². The van der Waals surface area contributed by atoms with Gasteiger partial charge in [0.15, 0.2) is 11.6 Å². The summed E-state index contributed by atoms with van der Waals surface area (Å²) in [5.41, 5.74) is 2.12. The van der Waals surface area contributed by atoms with Gasteiger partial charge in [0.2, 0.25) is 0 Å². The minimum Gasteiger partial charge on any atom is -0.486 e. The monoisotopic (exact) mass is 289 g/mol. The number of benzene rings is 2. The van der Waals surface area contributed by atoms with Gasteiger partial charge in [-0.15, -0.1) is 0 Å². The number of halogens is 1. The minimum absolute atomic E-state index is 0.139. The van der Waals surface area contributed by atoms with Crippen LogP contribution in [0.3, 0.4) is 0 Å². The van der Waals surface area contributed by atoms with Crippen molar-refractivity contribution in [3.63, 3.8) is 0 Å². The molecule has 0 aliphatic carbocycles. The lowest BCUT2D eigenvalue weighted by Crippen LogP contribution is -2.13. The first-order valence-corrected chi connectivity index (χ1v) is 6.42. The smallest absolute Gasteiger partial charge is 0.411 e. The number of aryl methyl sites for hydroxylation is 1. The van der Waals surface area contributed by atoms with E-state index in [1.54, 1.807) is 30.3 Å². The van der Waals surface area contributed by atoms with Crippen molar-refractivity contribution in [2.45, 2.75) is 13.5 Å². The van der Waals surface area contributed by atoms with E-state index in [1.807, 2.05) is 13.0 Å². The molecule has 2 aromatic rings. The summed E-state index contributed by atoms with van der Waals surface area (Å²) in [4.78, 5) is 11.3. The number of para-hydroxylation sites is 1. The van der Waals surface area contributed by atoms with Gasteiger partial charge in [-0.3, -0.25) is 5.32 Å². The van der Waals surface area contributed by atoms with Crippen molar-refractivity contribution >= 4 is 11.8 Å². The van der Waals surface area contributed by atoms with Crippen molar-refractivity contribution in [1.29, 1.82) is 0 Å². The average molecular weight is 289 g/mol. The molecular weight excluding hydrogens is 273 g/mol. The number of nitrogens with one attached hydrogen (secondary N) is 1. The van der Waals surface area contributed by atoms with E-state index in [0.717, 1.165) is 11.1 Å². The molecule has 0 aliphatic heterocycles. The van der Waals surface area contributed by atoms with Crippen LogP contribution in [0.25, 0.3) is 0 Å². The highest BCUT2D eigenvalue weighted by atomic mass is 19.1. The van der Waals surface area contributed by atoms with Gasteiger partial charge in [-0.1, -0.05) is 24.3 Å². The summed E-state index contributed by atoms with van der Waals surface area (Å²) < 4.78 is 23.7. The Bertz CT molecular complexity index is 643. The van der Waals surface area contributed by atoms with Gasteiger partial charge < -0.3 is 9.47 Å². The SMILES string of the molecule is COC(=O)Nc1ccccc1COc1ccc(C)cc1F. The Labute approximate surface area is 122 Å². The molecule has 110 valence electrons. The van der Waals surface area contributed by atoms with Crippen LogP contribution in [-0.4, -0.2) is 13.2 Å². The molecule has 0 heterocycles. The Morgan fingerprint density at radius 1 is 1.24 bits per heavy atom. The predicted octanol–water partition coefficient (Wildman–Crippen LogP) is 3.89. The maximum Gasteiger partial charge on any atom is 0.411 e. The molecule has 0 aliphatic rings. The summed E-state index contributed by atoms with van der Waals surface area (Å²) in [7, 11) is 1.29. The van der Waals surface area contributed by atoms with Crippen molar-refractivity contribution in [2.24, 2.45) is 0 Å². The van der Waals surface area contributed by atoms with E-state index in [0.29, 0.717) is 5.69 Å². The number of amides is 1. The molecule has 0 bridgehead atoms. The summed E-state index contributed by atoms with van der Waals surface area (Å²) in [6, 6.07) is 11.9. The second-order valence-electron chi connectivity index (χ2n) is 4.50. The van der Waals surface area contributed by atoms with Gasteiger partial charge in [-0.05, 0) is 30.7 Å². The molecule has 0 radical (unpaired) electrons. The number of hydrogen-bond acceptors (Lipinski definition) is 3. The lowest BCUT2D eigenvalue weighted by Gasteiger charge is -2.12. The zero-order valence-corrected chi connectivity index (χ0v) is 11.9. The fourth-order valence-corrected chi connectivity index (χ4v) is 1.81. The first kappa shape index (κ1) is 14.8. The molecule has 1 N–H and O–H groups in total. The molecule has 4 nitrogen and oxygen atoms in total. The van der Waals surface area contributed by atoms with Crippen molar-refractivity contribution in [3.8, 4) is 5.75 Å². The number of rotatable bonds is 4. The van der Waals surface area contributed by atoms with E-state index in [2.05, 4.69) is 10.1 Å². The van der Waals surface area contributed by atoms with E-state index >= 15 is 0 Å². The summed E-state index contributed by atoms with van der Waals surface area (Å²) in [6.07, 6.45) is -0.566. The topological polar surface area (TPSA) is 47.6 Å². The number of carbonyl (C=O) groups is 1. The van der Waals surface area contributed by atoms with Crippen LogP contribution in [0.5, 0.6) is 5.75 Å². The number of hydrogen-bond donors (Lipinski definition) is 1. The van der Waals surface area contributed by atoms with Gasteiger partial charge in [0.05, 0.1) is 12.8 Å². The highest BCUT2D eigenvalue weighted by Gasteiger charge is 2.08. The molecule has 0 atom stereocenters. The second-order valence-corrected chi connectivity index (χ2v) is 4.50. The van der Waals surface area contributed by atoms with Crippen LogP contribution in [0.1, 0.15) is 11.1 Å². The third kappa shape index (κ3) is 3.95. The summed E-state index contributed by atoms with van der Waals surface area (Å²) in [5, 5.41) is 2.59. The predicted molar refractivity (Wildman–Crippen MR) is 77.9 cm³/mol. The van der Waals surface area contributed by atoms with E-state index in [1.165, 1.54) is 13.2 Å². The molecule has 0 unspecified atom stereocenters. The van der Waals surface area contributed by atoms with Crippen LogP contribution < -0.4 is 10.1 Å². The summed E-state index contributed by atoms with van der Waals surface area (Å²) in [6.45, 7) is 1.95. The number of methoxy groups -OCH3 is 1. The minimum atomic E-state index is -0.566. The number of ether oxygens (including phenoxy) is 2. The van der Waals surface area contributed by atoms with Crippen LogP contribution in [0.2, 0.25) is 0 Å². The molecule has 1 amide bonds. The third-order valence-corrected chi connectivity index (χ3v) is 2.91. The Hall–Kier alpha value is -2.56. The molecule has 0 aromatic heterocycles. The second kappa shape index (κ2) is 6.74. The molecular formula is C16H16FNO3. The lowest BCUT2D eigenvalue weighted by molar-refractivity contribution is 0.187. The largest absolute Gasteiger partial charge is 0.486 e.